The average Bonchev–Trinajstić information content (AvgIpc) is 3.83. The number of hydrogen-bond acceptors (Lipinski definition) is 4. The molecule has 1 aliphatic rings. The van der Waals surface area contributed by atoms with Crippen molar-refractivity contribution < 1.29 is 0 Å². The van der Waals surface area contributed by atoms with Crippen LogP contribution in [0.1, 0.15) is 25.0 Å². The molecule has 3 heterocycles. The lowest BCUT2D eigenvalue weighted by molar-refractivity contribution is 0.661. The molecular weight excluding hydrogens is 665 g/mol. The van der Waals surface area contributed by atoms with Crippen molar-refractivity contribution in [2.75, 3.05) is 0 Å². The van der Waals surface area contributed by atoms with Crippen LogP contribution in [-0.4, -0.2) is 19.5 Å². The maximum atomic E-state index is 5.16. The molecule has 0 unspecified atom stereocenters. The first-order valence-electron chi connectivity index (χ1n) is 18.0. The summed E-state index contributed by atoms with van der Waals surface area (Å²) in [5, 5.41) is 4.95. The van der Waals surface area contributed by atoms with Crippen LogP contribution in [0.2, 0.25) is 0 Å². The Morgan fingerprint density at radius 2 is 1.09 bits per heavy atom. The van der Waals surface area contributed by atoms with E-state index in [1.165, 1.54) is 59.5 Å². The first-order valence-corrected chi connectivity index (χ1v) is 18.9. The Labute approximate surface area is 310 Å². The zero-order valence-electron chi connectivity index (χ0n) is 29.2. The van der Waals surface area contributed by atoms with Crippen LogP contribution in [-0.2, 0) is 5.41 Å². The van der Waals surface area contributed by atoms with Gasteiger partial charge < -0.3 is 4.57 Å². The fraction of sp³-hybridized carbons (Fsp3) is 0.0625. The molecule has 0 N–H and O–H groups in total. The number of aromatic nitrogens is 4. The summed E-state index contributed by atoms with van der Waals surface area (Å²) in [4.78, 5) is 15.3. The van der Waals surface area contributed by atoms with Crippen LogP contribution in [0.25, 0.3) is 93.0 Å². The van der Waals surface area contributed by atoms with Crippen molar-refractivity contribution in [2.45, 2.75) is 19.3 Å². The molecule has 0 saturated heterocycles. The summed E-state index contributed by atoms with van der Waals surface area (Å²) in [5.41, 5.74) is 11.8. The molecule has 11 rings (SSSR count). The van der Waals surface area contributed by atoms with Gasteiger partial charge in [0.05, 0.1) is 16.7 Å². The van der Waals surface area contributed by atoms with Gasteiger partial charge in [0.25, 0.3) is 0 Å². The zero-order chi connectivity index (χ0) is 35.3. The molecule has 0 bridgehead atoms. The molecule has 3 aromatic heterocycles. The van der Waals surface area contributed by atoms with Gasteiger partial charge in [-0.1, -0.05) is 135 Å². The minimum Gasteiger partial charge on any atom is -0.309 e. The van der Waals surface area contributed by atoms with Crippen molar-refractivity contribution in [1.29, 1.82) is 0 Å². The van der Waals surface area contributed by atoms with E-state index in [2.05, 4.69) is 140 Å². The van der Waals surface area contributed by atoms with Crippen molar-refractivity contribution in [1.82, 2.24) is 19.5 Å². The molecule has 4 nitrogen and oxygen atoms in total. The number of para-hydroxylation sites is 1. The SMILES string of the molecule is CC1(C)c2ccccc2-c2cc3c4ccccc4n(-c4ccc(-c5nc(-c6ccccc6)nc(-c6ccccc6)n5)c5sc6ccccc6c45)c3cc21. The second kappa shape index (κ2) is 11.3. The number of hydrogen-bond donors (Lipinski definition) is 0. The highest BCUT2D eigenvalue weighted by atomic mass is 32.1. The molecule has 7 aromatic carbocycles. The van der Waals surface area contributed by atoms with Gasteiger partial charge in [0.1, 0.15) is 0 Å². The quantitative estimate of drug-likeness (QED) is 0.184. The first-order chi connectivity index (χ1) is 26.0. The van der Waals surface area contributed by atoms with Crippen LogP contribution < -0.4 is 0 Å². The Balaban J connectivity index is 1.21. The van der Waals surface area contributed by atoms with E-state index in [4.69, 9.17) is 15.0 Å². The summed E-state index contributed by atoms with van der Waals surface area (Å²) in [6.45, 7) is 4.72. The number of thiophene rings is 1. The Hall–Kier alpha value is -6.43. The van der Waals surface area contributed by atoms with Crippen molar-refractivity contribution >= 4 is 53.3 Å². The highest BCUT2D eigenvalue weighted by Crippen LogP contribution is 2.52. The number of benzene rings is 7. The summed E-state index contributed by atoms with van der Waals surface area (Å²) in [6, 6.07) is 56.3. The maximum Gasteiger partial charge on any atom is 0.165 e. The minimum absolute atomic E-state index is 0.110. The Kier molecular flexibility index (Phi) is 6.43. The van der Waals surface area contributed by atoms with Crippen molar-refractivity contribution in [2.24, 2.45) is 0 Å². The van der Waals surface area contributed by atoms with E-state index in [0.717, 1.165) is 27.1 Å². The molecule has 0 spiro atoms. The van der Waals surface area contributed by atoms with Crippen LogP contribution >= 0.6 is 11.3 Å². The molecule has 250 valence electrons. The lowest BCUT2D eigenvalue weighted by Crippen LogP contribution is -2.15. The highest BCUT2D eigenvalue weighted by Gasteiger charge is 2.36. The molecule has 0 amide bonds. The number of fused-ring (bicyclic) bond motifs is 9. The van der Waals surface area contributed by atoms with E-state index in [1.807, 2.05) is 36.4 Å². The molecule has 53 heavy (non-hydrogen) atoms. The molecular formula is C48H32N4S. The largest absolute Gasteiger partial charge is 0.309 e. The molecule has 0 aliphatic heterocycles. The monoisotopic (exact) mass is 696 g/mol. The summed E-state index contributed by atoms with van der Waals surface area (Å²) in [7, 11) is 0. The Morgan fingerprint density at radius 3 is 1.85 bits per heavy atom. The predicted molar refractivity (Wildman–Crippen MR) is 221 cm³/mol. The second-order valence-corrected chi connectivity index (χ2v) is 15.5. The molecule has 0 fully saturated rings. The van der Waals surface area contributed by atoms with E-state index in [1.54, 1.807) is 11.3 Å². The maximum absolute atomic E-state index is 5.16. The highest BCUT2D eigenvalue weighted by molar-refractivity contribution is 7.26. The normalized spacial score (nSPS) is 13.2. The third-order valence-corrected chi connectivity index (χ3v) is 12.3. The molecule has 0 radical (unpaired) electrons. The number of rotatable bonds is 4. The molecule has 1 aliphatic carbocycles. The zero-order valence-corrected chi connectivity index (χ0v) is 30.0. The molecule has 0 atom stereocenters. The van der Waals surface area contributed by atoms with Gasteiger partial charge in [-0.05, 0) is 58.7 Å². The van der Waals surface area contributed by atoms with Gasteiger partial charge >= 0.3 is 0 Å². The number of nitrogens with zero attached hydrogens (tertiary/aromatic N) is 4. The van der Waals surface area contributed by atoms with E-state index in [0.29, 0.717) is 17.5 Å². The summed E-state index contributed by atoms with van der Waals surface area (Å²) in [5.74, 6) is 1.99. The first kappa shape index (κ1) is 30.2. The summed E-state index contributed by atoms with van der Waals surface area (Å²) in [6.07, 6.45) is 0. The smallest absolute Gasteiger partial charge is 0.165 e. The summed E-state index contributed by atoms with van der Waals surface area (Å²) >= 11 is 1.81. The van der Waals surface area contributed by atoms with Gasteiger partial charge in [0.2, 0.25) is 0 Å². The van der Waals surface area contributed by atoms with Crippen molar-refractivity contribution in [3.8, 4) is 51.0 Å². The van der Waals surface area contributed by atoms with Gasteiger partial charge in [0, 0.05) is 53.1 Å². The topological polar surface area (TPSA) is 43.6 Å². The Bertz CT molecular complexity index is 3020. The van der Waals surface area contributed by atoms with Crippen LogP contribution in [0.4, 0.5) is 0 Å². The second-order valence-electron chi connectivity index (χ2n) is 14.4. The van der Waals surface area contributed by atoms with Crippen LogP contribution in [0.15, 0.2) is 158 Å². The van der Waals surface area contributed by atoms with E-state index in [-0.39, 0.29) is 5.41 Å². The van der Waals surface area contributed by atoms with Gasteiger partial charge in [-0.25, -0.2) is 15.0 Å². The molecule has 0 saturated carbocycles. The van der Waals surface area contributed by atoms with Crippen LogP contribution in [0.3, 0.4) is 0 Å². The lowest BCUT2D eigenvalue weighted by Gasteiger charge is -2.22. The van der Waals surface area contributed by atoms with Gasteiger partial charge in [-0.15, -0.1) is 11.3 Å². The van der Waals surface area contributed by atoms with Gasteiger partial charge in [0.15, 0.2) is 17.5 Å². The minimum atomic E-state index is -0.110. The van der Waals surface area contributed by atoms with Gasteiger partial charge in [-0.2, -0.15) is 0 Å². The summed E-state index contributed by atoms with van der Waals surface area (Å²) < 4.78 is 4.89. The van der Waals surface area contributed by atoms with Crippen molar-refractivity contribution in [3.05, 3.63) is 169 Å². The van der Waals surface area contributed by atoms with Gasteiger partial charge in [-0.3, -0.25) is 0 Å². The van der Waals surface area contributed by atoms with Crippen LogP contribution in [0, 0.1) is 0 Å². The fourth-order valence-corrected chi connectivity index (χ4v) is 9.76. The average molecular weight is 697 g/mol. The Morgan fingerprint density at radius 1 is 0.472 bits per heavy atom. The third-order valence-electron chi connectivity index (χ3n) is 11.1. The van der Waals surface area contributed by atoms with E-state index >= 15 is 0 Å². The van der Waals surface area contributed by atoms with E-state index in [9.17, 15) is 0 Å². The lowest BCUT2D eigenvalue weighted by atomic mass is 9.82. The van der Waals surface area contributed by atoms with Crippen molar-refractivity contribution in [3.63, 3.8) is 0 Å². The molecule has 5 heteroatoms. The predicted octanol–water partition coefficient (Wildman–Crippen LogP) is 12.6. The third kappa shape index (κ3) is 4.44. The molecule has 10 aromatic rings. The fourth-order valence-electron chi connectivity index (χ4n) is 8.52. The standard InChI is InChI=1S/C48H32N4S/c1-48(2)37-22-12-9-19-31(37)35-27-36-32-20-10-13-23-39(32)52(41(36)28-38(35)48)40-26-25-34(44-43(40)33-21-11-14-24-42(33)53-44)47-50-45(29-15-5-3-6-16-29)49-46(51-47)30-17-7-4-8-18-30/h3-28H,1-2H3. The van der Waals surface area contributed by atoms with E-state index < -0.39 is 0 Å². The van der Waals surface area contributed by atoms with Crippen LogP contribution in [0.5, 0.6) is 0 Å².